The van der Waals surface area contributed by atoms with Crippen LogP contribution in [0.3, 0.4) is 0 Å². The molecule has 3 aromatic rings. The van der Waals surface area contributed by atoms with Crippen LogP contribution in [0.15, 0.2) is 29.1 Å². The molecule has 0 aliphatic carbocycles. The molecule has 6 heteroatoms. The highest BCUT2D eigenvalue weighted by Gasteiger charge is 2.14. The summed E-state index contributed by atoms with van der Waals surface area (Å²) in [4.78, 5) is 8.98. The third-order valence-electron chi connectivity index (χ3n) is 3.45. The van der Waals surface area contributed by atoms with Crippen molar-refractivity contribution in [1.82, 2.24) is 19.1 Å². The van der Waals surface area contributed by atoms with Crippen LogP contribution in [-0.2, 0) is 20.5 Å². The first kappa shape index (κ1) is 13.3. The molecule has 0 aliphatic heterocycles. The van der Waals surface area contributed by atoms with Gasteiger partial charge in [0.25, 0.3) is 0 Å². The van der Waals surface area contributed by atoms with E-state index in [2.05, 4.69) is 25.9 Å². The monoisotopic (exact) mass is 334 g/mol. The van der Waals surface area contributed by atoms with Gasteiger partial charge in [0.05, 0.1) is 24.0 Å². The van der Waals surface area contributed by atoms with Crippen molar-refractivity contribution in [3.05, 3.63) is 35.0 Å². The number of rotatable bonds is 3. The maximum Gasteiger partial charge on any atom is 0.112 e. The molecule has 0 bridgehead atoms. The first-order valence-corrected chi connectivity index (χ1v) is 7.14. The Morgan fingerprint density at radius 3 is 2.85 bits per heavy atom. The second kappa shape index (κ2) is 5.03. The molecule has 5 nitrogen and oxygen atoms in total. The summed E-state index contributed by atoms with van der Waals surface area (Å²) in [5.74, 6) is 0.857. The predicted molar refractivity (Wildman–Crippen MR) is 81.4 cm³/mol. The van der Waals surface area contributed by atoms with Crippen molar-refractivity contribution >= 4 is 27.0 Å². The van der Waals surface area contributed by atoms with E-state index in [9.17, 15) is 0 Å². The number of benzene rings is 1. The second-order valence-corrected chi connectivity index (χ2v) is 5.51. The van der Waals surface area contributed by atoms with E-state index in [1.807, 2.05) is 41.4 Å². The number of fused-ring (bicyclic) bond motifs is 1. The van der Waals surface area contributed by atoms with Crippen molar-refractivity contribution in [3.8, 4) is 11.3 Å². The molecule has 0 atom stereocenters. The minimum Gasteiger partial charge on any atom is -0.396 e. The summed E-state index contributed by atoms with van der Waals surface area (Å²) in [7, 11) is 3.91. The number of nitrogens with zero attached hydrogens (tertiary/aromatic N) is 4. The van der Waals surface area contributed by atoms with Gasteiger partial charge >= 0.3 is 0 Å². The van der Waals surface area contributed by atoms with Crippen LogP contribution in [-0.4, -0.2) is 30.8 Å². The second-order valence-electron chi connectivity index (χ2n) is 4.76. The van der Waals surface area contributed by atoms with Crippen molar-refractivity contribution in [2.45, 2.75) is 6.42 Å². The molecule has 0 saturated carbocycles. The van der Waals surface area contributed by atoms with Gasteiger partial charge in [-0.05, 0) is 28.1 Å². The minimum atomic E-state index is 0.0933. The lowest BCUT2D eigenvalue weighted by Crippen LogP contribution is -2.00. The van der Waals surface area contributed by atoms with Crippen molar-refractivity contribution in [3.63, 3.8) is 0 Å². The van der Waals surface area contributed by atoms with Crippen LogP contribution in [0.4, 0.5) is 0 Å². The van der Waals surface area contributed by atoms with Gasteiger partial charge in [-0.1, -0.05) is 6.07 Å². The Hall–Kier alpha value is -1.66. The topological polar surface area (TPSA) is 55.9 Å². The zero-order valence-electron chi connectivity index (χ0n) is 11.3. The van der Waals surface area contributed by atoms with Crippen LogP contribution in [0, 0.1) is 0 Å². The highest BCUT2D eigenvalue weighted by Crippen LogP contribution is 2.30. The summed E-state index contributed by atoms with van der Waals surface area (Å²) in [6.07, 6.45) is 2.35. The number of aliphatic hydroxyl groups is 1. The van der Waals surface area contributed by atoms with Gasteiger partial charge in [0.2, 0.25) is 0 Å². The summed E-state index contributed by atoms with van der Waals surface area (Å²) in [5.41, 5.74) is 3.94. The Balaban J connectivity index is 2.12. The summed E-state index contributed by atoms with van der Waals surface area (Å²) < 4.78 is 4.86. The number of aliphatic hydroxyl groups excluding tert-OH is 1. The maximum atomic E-state index is 9.08. The predicted octanol–water partition coefficient (Wildman–Crippen LogP) is 2.27. The molecular formula is C14H15BrN4O. The molecule has 0 fully saturated rings. The Morgan fingerprint density at radius 2 is 2.10 bits per heavy atom. The van der Waals surface area contributed by atoms with Gasteiger partial charge in [-0.3, -0.25) is 0 Å². The van der Waals surface area contributed by atoms with E-state index in [1.54, 1.807) is 6.33 Å². The summed E-state index contributed by atoms with van der Waals surface area (Å²) in [5, 5.41) is 9.08. The Kier molecular flexibility index (Phi) is 3.35. The van der Waals surface area contributed by atoms with E-state index in [4.69, 9.17) is 5.11 Å². The number of hydrogen-bond acceptors (Lipinski definition) is 3. The Labute approximate surface area is 125 Å². The van der Waals surface area contributed by atoms with Crippen molar-refractivity contribution < 1.29 is 5.11 Å². The standard InChI is InChI=1S/C14H15BrN4O/c1-18-8-16-10-7-9(3-4-11(10)18)13-14(15)19(2)12(17-13)5-6-20/h3-4,7-8,20H,5-6H2,1-2H3. The van der Waals surface area contributed by atoms with Crippen LogP contribution in [0.1, 0.15) is 5.82 Å². The van der Waals surface area contributed by atoms with Crippen molar-refractivity contribution in [2.24, 2.45) is 14.1 Å². The smallest absolute Gasteiger partial charge is 0.112 e. The number of hydrogen-bond donors (Lipinski definition) is 1. The van der Waals surface area contributed by atoms with Gasteiger partial charge in [-0.2, -0.15) is 0 Å². The molecule has 0 saturated heterocycles. The average Bonchev–Trinajstić information content (AvgIpc) is 2.95. The molecule has 20 heavy (non-hydrogen) atoms. The van der Waals surface area contributed by atoms with Gasteiger partial charge in [0.15, 0.2) is 0 Å². The third kappa shape index (κ3) is 2.05. The van der Waals surface area contributed by atoms with Gasteiger partial charge in [0.1, 0.15) is 16.1 Å². The van der Waals surface area contributed by atoms with Gasteiger partial charge in [-0.25, -0.2) is 9.97 Å². The minimum absolute atomic E-state index is 0.0933. The first-order valence-electron chi connectivity index (χ1n) is 6.35. The average molecular weight is 335 g/mol. The molecule has 0 radical (unpaired) electrons. The summed E-state index contributed by atoms with van der Waals surface area (Å²) in [6.45, 7) is 0.0933. The lowest BCUT2D eigenvalue weighted by Gasteiger charge is -2.00. The van der Waals surface area contributed by atoms with Crippen LogP contribution >= 0.6 is 15.9 Å². The summed E-state index contributed by atoms with van der Waals surface area (Å²) >= 11 is 3.57. The molecule has 104 valence electrons. The molecule has 1 N–H and O–H groups in total. The molecule has 2 heterocycles. The molecular weight excluding hydrogens is 320 g/mol. The fourth-order valence-electron chi connectivity index (χ4n) is 2.31. The quantitative estimate of drug-likeness (QED) is 0.799. The lowest BCUT2D eigenvalue weighted by atomic mass is 10.1. The van der Waals surface area contributed by atoms with Crippen LogP contribution in [0.5, 0.6) is 0 Å². The van der Waals surface area contributed by atoms with E-state index in [1.165, 1.54) is 0 Å². The Morgan fingerprint density at radius 1 is 1.30 bits per heavy atom. The molecule has 2 aromatic heterocycles. The zero-order valence-corrected chi connectivity index (χ0v) is 12.9. The van der Waals surface area contributed by atoms with E-state index < -0.39 is 0 Å². The maximum absolute atomic E-state index is 9.08. The number of halogens is 1. The molecule has 1 aromatic carbocycles. The normalized spacial score (nSPS) is 11.4. The third-order valence-corrected chi connectivity index (χ3v) is 4.36. The Bertz CT molecular complexity index is 775. The lowest BCUT2D eigenvalue weighted by molar-refractivity contribution is 0.295. The number of imidazole rings is 2. The molecule has 0 spiro atoms. The largest absolute Gasteiger partial charge is 0.396 e. The highest BCUT2D eigenvalue weighted by atomic mass is 79.9. The van der Waals surface area contributed by atoms with Gasteiger partial charge in [-0.15, -0.1) is 0 Å². The van der Waals surface area contributed by atoms with Crippen molar-refractivity contribution in [2.75, 3.05) is 6.61 Å². The zero-order chi connectivity index (χ0) is 14.3. The van der Waals surface area contributed by atoms with Gasteiger partial charge < -0.3 is 14.2 Å². The van der Waals surface area contributed by atoms with E-state index in [-0.39, 0.29) is 6.61 Å². The van der Waals surface area contributed by atoms with Gasteiger partial charge in [0, 0.05) is 26.1 Å². The number of aryl methyl sites for hydroxylation is 1. The molecule has 0 amide bonds. The first-order chi connectivity index (χ1) is 9.61. The summed E-state index contributed by atoms with van der Waals surface area (Å²) in [6, 6.07) is 6.12. The van der Waals surface area contributed by atoms with E-state index in [0.29, 0.717) is 6.42 Å². The fraction of sp³-hybridized carbons (Fsp3) is 0.286. The van der Waals surface area contributed by atoms with E-state index in [0.717, 1.165) is 32.7 Å². The molecule has 0 aliphatic rings. The van der Waals surface area contributed by atoms with Crippen LogP contribution < -0.4 is 0 Å². The SMILES string of the molecule is Cn1c(CCO)nc(-c2ccc3c(c2)ncn3C)c1Br. The van der Waals surface area contributed by atoms with Crippen LogP contribution in [0.2, 0.25) is 0 Å². The molecule has 0 unspecified atom stereocenters. The fourth-order valence-corrected chi connectivity index (χ4v) is 2.84. The number of aromatic nitrogens is 4. The van der Waals surface area contributed by atoms with E-state index >= 15 is 0 Å². The molecule has 3 rings (SSSR count). The van der Waals surface area contributed by atoms with Crippen LogP contribution in [0.25, 0.3) is 22.3 Å². The van der Waals surface area contributed by atoms with Crippen molar-refractivity contribution in [1.29, 1.82) is 0 Å². The highest BCUT2D eigenvalue weighted by molar-refractivity contribution is 9.10.